The highest BCUT2D eigenvalue weighted by Crippen LogP contribution is 2.19. The van der Waals surface area contributed by atoms with Gasteiger partial charge in [0, 0.05) is 19.2 Å². The quantitative estimate of drug-likeness (QED) is 0.640. The molecule has 1 heterocycles. The summed E-state index contributed by atoms with van der Waals surface area (Å²) in [5, 5.41) is 4.27. The van der Waals surface area contributed by atoms with Gasteiger partial charge >= 0.3 is 5.69 Å². The summed E-state index contributed by atoms with van der Waals surface area (Å²) in [6.07, 6.45) is 0. The summed E-state index contributed by atoms with van der Waals surface area (Å²) in [7, 11) is -0.737. The molecule has 0 radical (unpaired) electrons. The van der Waals surface area contributed by atoms with Crippen molar-refractivity contribution in [3.8, 4) is 17.1 Å². The minimum atomic E-state index is -3.88. The molecule has 3 rings (SSSR count). The second kappa shape index (κ2) is 7.95. The molecule has 0 aliphatic carbocycles. The van der Waals surface area contributed by atoms with E-state index in [4.69, 9.17) is 4.74 Å². The van der Waals surface area contributed by atoms with E-state index in [0.717, 1.165) is 17.7 Å². The molecule has 2 aromatic carbocycles. The first kappa shape index (κ1) is 19.8. The Morgan fingerprint density at radius 3 is 2.54 bits per heavy atom. The molecule has 28 heavy (non-hydrogen) atoms. The number of benzene rings is 2. The van der Waals surface area contributed by atoms with E-state index < -0.39 is 15.8 Å². The Balaban J connectivity index is 1.74. The summed E-state index contributed by atoms with van der Waals surface area (Å²) >= 11 is 0. The van der Waals surface area contributed by atoms with Crippen LogP contribution in [0.15, 0.2) is 58.2 Å². The van der Waals surface area contributed by atoms with Crippen molar-refractivity contribution >= 4 is 10.0 Å². The van der Waals surface area contributed by atoms with Gasteiger partial charge in [-0.25, -0.2) is 27.0 Å². The predicted octanol–water partition coefficient (Wildman–Crippen LogP) is 1.37. The van der Waals surface area contributed by atoms with Crippen molar-refractivity contribution in [2.45, 2.75) is 11.4 Å². The Labute approximate surface area is 161 Å². The van der Waals surface area contributed by atoms with Gasteiger partial charge < -0.3 is 4.74 Å². The van der Waals surface area contributed by atoms with Crippen molar-refractivity contribution in [1.29, 1.82) is 0 Å². The smallest absolute Gasteiger partial charge is 0.345 e. The number of nitrogens with zero attached hydrogens (tertiary/aromatic N) is 3. The van der Waals surface area contributed by atoms with Crippen LogP contribution in [0.4, 0.5) is 4.39 Å². The molecule has 10 heteroatoms. The molecule has 0 saturated heterocycles. The van der Waals surface area contributed by atoms with E-state index in [1.807, 2.05) is 0 Å². The molecule has 0 amide bonds. The average molecular weight is 406 g/mol. The normalized spacial score (nSPS) is 11.5. The molecule has 0 unspecified atom stereocenters. The lowest BCUT2D eigenvalue weighted by molar-refractivity contribution is 0.415. The summed E-state index contributed by atoms with van der Waals surface area (Å²) in [4.78, 5) is 12.2. The summed E-state index contributed by atoms with van der Waals surface area (Å²) in [5.41, 5.74) is 0.343. The highest BCUT2D eigenvalue weighted by Gasteiger charge is 2.16. The van der Waals surface area contributed by atoms with Gasteiger partial charge in [-0.05, 0) is 42.5 Å². The van der Waals surface area contributed by atoms with Crippen molar-refractivity contribution in [2.75, 3.05) is 13.7 Å². The van der Waals surface area contributed by atoms with Crippen LogP contribution < -0.4 is 15.1 Å². The zero-order valence-corrected chi connectivity index (χ0v) is 16.1. The zero-order chi connectivity index (χ0) is 20.3. The van der Waals surface area contributed by atoms with E-state index in [1.165, 1.54) is 21.4 Å². The summed E-state index contributed by atoms with van der Waals surface area (Å²) in [5.74, 6) is 0.480. The molecular formula is C18H19FN4O4S. The van der Waals surface area contributed by atoms with Gasteiger partial charge in [0.05, 0.1) is 18.6 Å². The van der Waals surface area contributed by atoms with Gasteiger partial charge in [-0.1, -0.05) is 6.07 Å². The van der Waals surface area contributed by atoms with Gasteiger partial charge in [-0.3, -0.25) is 4.57 Å². The Bertz CT molecular complexity index is 1140. The Morgan fingerprint density at radius 2 is 1.89 bits per heavy atom. The van der Waals surface area contributed by atoms with Crippen LogP contribution in [0.3, 0.4) is 0 Å². The molecule has 8 nitrogen and oxygen atoms in total. The average Bonchev–Trinajstić information content (AvgIpc) is 2.96. The van der Waals surface area contributed by atoms with Gasteiger partial charge in [-0.15, -0.1) is 5.10 Å². The van der Waals surface area contributed by atoms with Gasteiger partial charge in [0.15, 0.2) is 5.82 Å². The minimum absolute atomic E-state index is 0.0252. The Hall–Kier alpha value is -2.98. The number of aromatic nitrogens is 3. The van der Waals surface area contributed by atoms with Crippen LogP contribution in [0.5, 0.6) is 5.75 Å². The molecule has 3 aromatic rings. The summed E-state index contributed by atoms with van der Waals surface area (Å²) < 4.78 is 47.7. The number of ether oxygens (including phenoxy) is 1. The topological polar surface area (TPSA) is 95.2 Å². The first-order valence-electron chi connectivity index (χ1n) is 8.35. The molecule has 0 bridgehead atoms. The second-order valence-electron chi connectivity index (χ2n) is 5.97. The maximum absolute atomic E-state index is 13.2. The third-order valence-electron chi connectivity index (χ3n) is 4.11. The fourth-order valence-corrected chi connectivity index (χ4v) is 3.68. The second-order valence-corrected chi connectivity index (χ2v) is 7.74. The van der Waals surface area contributed by atoms with Crippen molar-refractivity contribution < 1.29 is 17.5 Å². The van der Waals surface area contributed by atoms with Crippen LogP contribution in [0.1, 0.15) is 0 Å². The number of hydrogen-bond donors (Lipinski definition) is 1. The van der Waals surface area contributed by atoms with E-state index in [2.05, 4.69) is 9.82 Å². The lowest BCUT2D eigenvalue weighted by Gasteiger charge is -2.06. The molecule has 0 saturated carbocycles. The van der Waals surface area contributed by atoms with Crippen molar-refractivity contribution in [2.24, 2.45) is 7.05 Å². The summed E-state index contributed by atoms with van der Waals surface area (Å²) in [6.45, 7) is -0.0464. The number of methoxy groups -OCH3 is 1. The fourth-order valence-electron chi connectivity index (χ4n) is 2.63. The van der Waals surface area contributed by atoms with E-state index >= 15 is 0 Å². The van der Waals surface area contributed by atoms with Crippen LogP contribution in [0.2, 0.25) is 0 Å². The van der Waals surface area contributed by atoms with Gasteiger partial charge in [0.2, 0.25) is 10.0 Å². The highest BCUT2D eigenvalue weighted by atomic mass is 32.2. The molecular weight excluding hydrogens is 387 g/mol. The number of rotatable bonds is 7. The number of halogens is 1. The van der Waals surface area contributed by atoms with Gasteiger partial charge in [-0.2, -0.15) is 0 Å². The predicted molar refractivity (Wildman–Crippen MR) is 101 cm³/mol. The maximum Gasteiger partial charge on any atom is 0.345 e. The lowest BCUT2D eigenvalue weighted by Crippen LogP contribution is -2.31. The van der Waals surface area contributed by atoms with E-state index in [1.54, 1.807) is 38.4 Å². The van der Waals surface area contributed by atoms with Crippen molar-refractivity contribution in [1.82, 2.24) is 19.1 Å². The Morgan fingerprint density at radius 1 is 1.18 bits per heavy atom. The largest absolute Gasteiger partial charge is 0.497 e. The SMILES string of the molecule is COc1ccc(-c2nn(CCNS(=O)(=O)c3cccc(F)c3)c(=O)n2C)cc1. The van der Waals surface area contributed by atoms with Crippen LogP contribution >= 0.6 is 0 Å². The monoisotopic (exact) mass is 406 g/mol. The molecule has 1 aromatic heterocycles. The van der Waals surface area contributed by atoms with Crippen molar-refractivity contribution in [3.63, 3.8) is 0 Å². The zero-order valence-electron chi connectivity index (χ0n) is 15.3. The number of hydrogen-bond acceptors (Lipinski definition) is 5. The molecule has 0 aliphatic heterocycles. The first-order valence-corrected chi connectivity index (χ1v) is 9.83. The van der Waals surface area contributed by atoms with Crippen LogP contribution in [0, 0.1) is 5.82 Å². The summed E-state index contributed by atoms with van der Waals surface area (Å²) in [6, 6.07) is 11.8. The third-order valence-corrected chi connectivity index (χ3v) is 5.57. The number of nitrogens with one attached hydrogen (secondary N) is 1. The van der Waals surface area contributed by atoms with Crippen LogP contribution in [-0.4, -0.2) is 36.4 Å². The van der Waals surface area contributed by atoms with Gasteiger partial charge in [0.25, 0.3) is 0 Å². The minimum Gasteiger partial charge on any atom is -0.497 e. The lowest BCUT2D eigenvalue weighted by atomic mass is 10.2. The maximum atomic E-state index is 13.2. The Kier molecular flexibility index (Phi) is 5.61. The van der Waals surface area contributed by atoms with Crippen LogP contribution in [0.25, 0.3) is 11.4 Å². The molecule has 0 aliphatic rings. The molecule has 148 valence electrons. The van der Waals surface area contributed by atoms with E-state index in [9.17, 15) is 17.6 Å². The van der Waals surface area contributed by atoms with Crippen molar-refractivity contribution in [3.05, 3.63) is 64.8 Å². The molecule has 0 atom stereocenters. The van der Waals surface area contributed by atoms with E-state index in [-0.39, 0.29) is 23.7 Å². The first-order chi connectivity index (χ1) is 13.3. The highest BCUT2D eigenvalue weighted by molar-refractivity contribution is 7.89. The van der Waals surface area contributed by atoms with Crippen LogP contribution in [-0.2, 0) is 23.6 Å². The molecule has 0 fully saturated rings. The number of sulfonamides is 1. The standard InChI is InChI=1S/C18H19FN4O4S/c1-22-17(13-6-8-15(27-2)9-7-13)21-23(18(22)24)11-10-20-28(25,26)16-5-3-4-14(19)12-16/h3-9,12,20H,10-11H2,1-2H3. The fraction of sp³-hybridized carbons (Fsp3) is 0.222. The third kappa shape index (κ3) is 4.12. The van der Waals surface area contributed by atoms with Gasteiger partial charge in [0.1, 0.15) is 11.6 Å². The molecule has 1 N–H and O–H groups in total. The molecule has 0 spiro atoms. The van der Waals surface area contributed by atoms with E-state index in [0.29, 0.717) is 11.6 Å².